The Kier molecular flexibility index (Phi) is 4.45. The highest BCUT2D eigenvalue weighted by Gasteiger charge is 2.16. The molecule has 0 saturated carbocycles. The number of nitrogens with zero attached hydrogens (tertiary/aromatic N) is 2. The first kappa shape index (κ1) is 14.2. The van der Waals surface area contributed by atoms with Gasteiger partial charge in [-0.1, -0.05) is 31.2 Å². The van der Waals surface area contributed by atoms with Crippen LogP contribution in [0.1, 0.15) is 28.4 Å². The third kappa shape index (κ3) is 3.20. The maximum absolute atomic E-state index is 13.5. The van der Waals surface area contributed by atoms with Gasteiger partial charge in [-0.25, -0.2) is 4.98 Å². The van der Waals surface area contributed by atoms with E-state index in [2.05, 4.69) is 11.9 Å². The standard InChI is InChI=1S/C16H17FN2O/c1-3-12-6-8-13(9-7-12)11-19(2)16(20)14-5-4-10-18-15(14)17/h4-10H,3,11H2,1-2H3. The molecule has 0 unspecified atom stereocenters. The van der Waals surface area contributed by atoms with Gasteiger partial charge in [0.05, 0.1) is 5.56 Å². The van der Waals surface area contributed by atoms with Crippen LogP contribution >= 0.6 is 0 Å². The molecule has 20 heavy (non-hydrogen) atoms. The lowest BCUT2D eigenvalue weighted by molar-refractivity contribution is 0.0779. The Morgan fingerprint density at radius 3 is 2.45 bits per heavy atom. The highest BCUT2D eigenvalue weighted by molar-refractivity contribution is 5.93. The summed E-state index contributed by atoms with van der Waals surface area (Å²) in [5, 5.41) is 0. The van der Waals surface area contributed by atoms with E-state index in [1.54, 1.807) is 13.1 Å². The van der Waals surface area contributed by atoms with Crippen molar-refractivity contribution in [2.45, 2.75) is 19.9 Å². The SMILES string of the molecule is CCc1ccc(CN(C)C(=O)c2cccnc2F)cc1. The zero-order valence-electron chi connectivity index (χ0n) is 11.6. The van der Waals surface area contributed by atoms with Crippen LogP contribution in [0.3, 0.4) is 0 Å². The predicted octanol–water partition coefficient (Wildman–Crippen LogP) is 3.06. The molecule has 1 aromatic heterocycles. The minimum Gasteiger partial charge on any atom is -0.337 e. The van der Waals surface area contributed by atoms with Gasteiger partial charge in [-0.3, -0.25) is 4.79 Å². The predicted molar refractivity (Wildman–Crippen MR) is 75.8 cm³/mol. The van der Waals surface area contributed by atoms with E-state index in [0.717, 1.165) is 12.0 Å². The number of rotatable bonds is 4. The monoisotopic (exact) mass is 272 g/mol. The van der Waals surface area contributed by atoms with E-state index in [0.29, 0.717) is 6.54 Å². The first-order valence-electron chi connectivity index (χ1n) is 6.55. The fraction of sp³-hybridized carbons (Fsp3) is 0.250. The molecule has 0 aliphatic carbocycles. The molecule has 4 heteroatoms. The van der Waals surface area contributed by atoms with Crippen LogP contribution in [-0.4, -0.2) is 22.8 Å². The fourth-order valence-electron chi connectivity index (χ4n) is 1.98. The summed E-state index contributed by atoms with van der Waals surface area (Å²) in [5.41, 5.74) is 2.27. The summed E-state index contributed by atoms with van der Waals surface area (Å²) >= 11 is 0. The number of aryl methyl sites for hydroxylation is 1. The zero-order valence-corrected chi connectivity index (χ0v) is 11.6. The summed E-state index contributed by atoms with van der Waals surface area (Å²) in [6, 6.07) is 11.1. The lowest BCUT2D eigenvalue weighted by Crippen LogP contribution is -2.27. The molecule has 0 fully saturated rings. The second-order valence-corrected chi connectivity index (χ2v) is 4.67. The molecule has 1 aromatic carbocycles. The average molecular weight is 272 g/mol. The second-order valence-electron chi connectivity index (χ2n) is 4.67. The van der Waals surface area contributed by atoms with E-state index < -0.39 is 5.95 Å². The van der Waals surface area contributed by atoms with Crippen LogP contribution in [0.25, 0.3) is 0 Å². The van der Waals surface area contributed by atoms with Gasteiger partial charge in [-0.2, -0.15) is 4.39 Å². The highest BCUT2D eigenvalue weighted by Crippen LogP contribution is 2.11. The van der Waals surface area contributed by atoms with Gasteiger partial charge >= 0.3 is 0 Å². The molecule has 2 rings (SSSR count). The molecule has 3 nitrogen and oxygen atoms in total. The number of carbonyl (C=O) groups excluding carboxylic acids is 1. The Bertz CT molecular complexity index is 596. The molecule has 2 aromatic rings. The van der Waals surface area contributed by atoms with Crippen molar-refractivity contribution < 1.29 is 9.18 Å². The Balaban J connectivity index is 2.09. The van der Waals surface area contributed by atoms with Crippen molar-refractivity contribution in [3.8, 4) is 0 Å². The molecule has 1 heterocycles. The summed E-state index contributed by atoms with van der Waals surface area (Å²) in [5.74, 6) is -1.10. The number of hydrogen-bond acceptors (Lipinski definition) is 2. The van der Waals surface area contributed by atoms with Crippen molar-refractivity contribution in [3.05, 3.63) is 65.2 Å². The third-order valence-corrected chi connectivity index (χ3v) is 3.19. The summed E-state index contributed by atoms with van der Waals surface area (Å²) in [7, 11) is 1.66. The molecule has 0 bridgehead atoms. The van der Waals surface area contributed by atoms with Crippen LogP contribution in [0.2, 0.25) is 0 Å². The van der Waals surface area contributed by atoms with E-state index in [1.807, 2.05) is 24.3 Å². The number of benzene rings is 1. The van der Waals surface area contributed by atoms with Gasteiger partial charge in [0, 0.05) is 19.8 Å². The van der Waals surface area contributed by atoms with Crippen molar-refractivity contribution >= 4 is 5.91 Å². The van der Waals surface area contributed by atoms with Crippen LogP contribution in [0, 0.1) is 5.95 Å². The molecule has 1 amide bonds. The van der Waals surface area contributed by atoms with Gasteiger partial charge in [0.15, 0.2) is 0 Å². The highest BCUT2D eigenvalue weighted by atomic mass is 19.1. The van der Waals surface area contributed by atoms with Crippen molar-refractivity contribution in [3.63, 3.8) is 0 Å². The smallest absolute Gasteiger partial charge is 0.258 e. The molecule has 0 N–H and O–H groups in total. The average Bonchev–Trinajstić information content (AvgIpc) is 2.48. The maximum atomic E-state index is 13.5. The Morgan fingerprint density at radius 2 is 1.85 bits per heavy atom. The van der Waals surface area contributed by atoms with Gasteiger partial charge < -0.3 is 4.90 Å². The molecule has 0 aliphatic rings. The molecule has 0 aliphatic heterocycles. The van der Waals surface area contributed by atoms with Gasteiger partial charge in [0.2, 0.25) is 5.95 Å². The molecule has 0 spiro atoms. The van der Waals surface area contributed by atoms with Crippen LogP contribution in [0.5, 0.6) is 0 Å². The molecular formula is C16H17FN2O. The van der Waals surface area contributed by atoms with Gasteiger partial charge in [-0.15, -0.1) is 0 Å². The number of amides is 1. The zero-order chi connectivity index (χ0) is 14.5. The lowest BCUT2D eigenvalue weighted by Gasteiger charge is -2.17. The number of halogens is 1. The normalized spacial score (nSPS) is 10.3. The van der Waals surface area contributed by atoms with Crippen molar-refractivity contribution in [1.82, 2.24) is 9.88 Å². The quantitative estimate of drug-likeness (QED) is 0.801. The molecular weight excluding hydrogens is 255 g/mol. The van der Waals surface area contributed by atoms with Crippen molar-refractivity contribution in [2.75, 3.05) is 7.05 Å². The summed E-state index contributed by atoms with van der Waals surface area (Å²) in [6.07, 6.45) is 2.31. The fourth-order valence-corrected chi connectivity index (χ4v) is 1.98. The Morgan fingerprint density at radius 1 is 1.20 bits per heavy atom. The minimum absolute atomic E-state index is 0.000165. The van der Waals surface area contributed by atoms with E-state index >= 15 is 0 Å². The Labute approximate surface area is 118 Å². The van der Waals surface area contributed by atoms with Crippen LogP contribution in [0.4, 0.5) is 4.39 Å². The van der Waals surface area contributed by atoms with E-state index in [9.17, 15) is 9.18 Å². The summed E-state index contributed by atoms with van der Waals surface area (Å²) in [6.45, 7) is 2.53. The largest absolute Gasteiger partial charge is 0.337 e. The number of pyridine rings is 1. The topological polar surface area (TPSA) is 33.2 Å². The summed E-state index contributed by atoms with van der Waals surface area (Å²) < 4.78 is 13.5. The van der Waals surface area contributed by atoms with Crippen LogP contribution in [0.15, 0.2) is 42.6 Å². The van der Waals surface area contributed by atoms with E-state index in [4.69, 9.17) is 0 Å². The first-order chi connectivity index (χ1) is 9.61. The maximum Gasteiger partial charge on any atom is 0.258 e. The van der Waals surface area contributed by atoms with E-state index in [-0.39, 0.29) is 11.5 Å². The van der Waals surface area contributed by atoms with E-state index in [1.165, 1.54) is 22.7 Å². The number of carbonyl (C=O) groups is 1. The van der Waals surface area contributed by atoms with Gasteiger partial charge in [0.1, 0.15) is 0 Å². The van der Waals surface area contributed by atoms with Gasteiger partial charge in [-0.05, 0) is 29.7 Å². The van der Waals surface area contributed by atoms with Crippen molar-refractivity contribution in [2.24, 2.45) is 0 Å². The lowest BCUT2D eigenvalue weighted by atomic mass is 10.1. The second kappa shape index (κ2) is 6.28. The first-order valence-corrected chi connectivity index (χ1v) is 6.55. The molecule has 104 valence electrons. The third-order valence-electron chi connectivity index (χ3n) is 3.19. The van der Waals surface area contributed by atoms with Crippen molar-refractivity contribution in [1.29, 1.82) is 0 Å². The minimum atomic E-state index is -0.731. The van der Waals surface area contributed by atoms with Crippen LogP contribution < -0.4 is 0 Å². The molecule has 0 atom stereocenters. The Hall–Kier alpha value is -2.23. The summed E-state index contributed by atoms with van der Waals surface area (Å²) in [4.78, 5) is 17.1. The molecule has 0 saturated heterocycles. The van der Waals surface area contributed by atoms with Gasteiger partial charge in [0.25, 0.3) is 5.91 Å². The number of hydrogen-bond donors (Lipinski definition) is 0. The van der Waals surface area contributed by atoms with Crippen LogP contribution in [-0.2, 0) is 13.0 Å². The number of aromatic nitrogens is 1. The molecule has 0 radical (unpaired) electrons.